The van der Waals surface area contributed by atoms with Gasteiger partial charge in [0.05, 0.1) is 5.75 Å². The molecule has 2 heterocycles. The Kier molecular flexibility index (Phi) is 6.31. The zero-order chi connectivity index (χ0) is 18.7. The second-order valence-electron chi connectivity index (χ2n) is 6.43. The number of fused-ring (bicyclic) bond motifs is 1. The first-order valence-electron chi connectivity index (χ1n) is 8.46. The quantitative estimate of drug-likeness (QED) is 0.569. The minimum absolute atomic E-state index is 0.0448. The van der Waals surface area contributed by atoms with Crippen molar-refractivity contribution in [3.8, 4) is 0 Å². The maximum atomic E-state index is 12.2. The van der Waals surface area contributed by atoms with Crippen LogP contribution >= 0.6 is 35.3 Å². The number of thiocarbonyl (C=S) groups is 1. The van der Waals surface area contributed by atoms with Crippen molar-refractivity contribution in [2.24, 2.45) is 5.92 Å². The van der Waals surface area contributed by atoms with Crippen molar-refractivity contribution in [1.82, 2.24) is 10.2 Å². The molecule has 1 aliphatic heterocycles. The molecule has 1 saturated heterocycles. The molecule has 1 unspecified atom stereocenters. The number of ether oxygens (including phenoxy) is 1. The van der Waals surface area contributed by atoms with Gasteiger partial charge in [0.2, 0.25) is 5.91 Å². The van der Waals surface area contributed by atoms with Crippen LogP contribution in [0.2, 0.25) is 0 Å². The van der Waals surface area contributed by atoms with E-state index in [2.05, 4.69) is 12.2 Å². The number of hydrogen-bond donors (Lipinski definition) is 1. The maximum absolute atomic E-state index is 12.2. The van der Waals surface area contributed by atoms with E-state index in [4.69, 9.17) is 17.0 Å². The van der Waals surface area contributed by atoms with E-state index in [0.29, 0.717) is 27.4 Å². The number of carbonyl (C=O) groups excluding carboxylic acids is 3. The number of esters is 1. The summed E-state index contributed by atoms with van der Waals surface area (Å²) in [4.78, 5) is 38.8. The molecular weight excluding hydrogens is 392 g/mol. The molecule has 6 nitrogen and oxygen atoms in total. The molecule has 0 saturated carbocycles. The predicted octanol–water partition coefficient (Wildman–Crippen LogP) is 2.01. The van der Waals surface area contributed by atoms with Gasteiger partial charge in [0.25, 0.3) is 5.91 Å². The third-order valence-electron chi connectivity index (χ3n) is 4.36. The van der Waals surface area contributed by atoms with Crippen molar-refractivity contribution >= 4 is 57.4 Å². The van der Waals surface area contributed by atoms with Crippen molar-refractivity contribution in [3.05, 3.63) is 21.4 Å². The maximum Gasteiger partial charge on any atom is 0.348 e. The second kappa shape index (κ2) is 8.49. The highest BCUT2D eigenvalue weighted by Crippen LogP contribution is 2.32. The van der Waals surface area contributed by atoms with E-state index in [0.717, 1.165) is 19.3 Å². The summed E-state index contributed by atoms with van der Waals surface area (Å²) in [7, 11) is 0. The fourth-order valence-corrected chi connectivity index (χ4v) is 5.19. The van der Waals surface area contributed by atoms with E-state index in [1.165, 1.54) is 38.4 Å². The van der Waals surface area contributed by atoms with E-state index in [-0.39, 0.29) is 19.1 Å². The highest BCUT2D eigenvalue weighted by atomic mass is 32.2. The molecule has 3 rings (SSSR count). The Morgan fingerprint density at radius 1 is 1.46 bits per heavy atom. The zero-order valence-electron chi connectivity index (χ0n) is 14.4. The Hall–Kier alpha value is -1.45. The molecule has 26 heavy (non-hydrogen) atoms. The first-order valence-corrected chi connectivity index (χ1v) is 10.7. The van der Waals surface area contributed by atoms with Crippen LogP contribution in [0.1, 0.15) is 33.5 Å². The minimum atomic E-state index is -0.459. The summed E-state index contributed by atoms with van der Waals surface area (Å²) in [5.74, 6) is 0.101. The molecule has 2 amide bonds. The normalized spacial score (nSPS) is 19.4. The van der Waals surface area contributed by atoms with Crippen LogP contribution < -0.4 is 5.32 Å². The van der Waals surface area contributed by atoms with Gasteiger partial charge in [0, 0.05) is 18.0 Å². The van der Waals surface area contributed by atoms with Crippen LogP contribution in [0.5, 0.6) is 0 Å². The summed E-state index contributed by atoms with van der Waals surface area (Å²) in [6.45, 7) is 2.49. The van der Waals surface area contributed by atoms with Gasteiger partial charge in [0.15, 0.2) is 6.61 Å². The van der Waals surface area contributed by atoms with Crippen molar-refractivity contribution in [2.75, 3.05) is 25.4 Å². The van der Waals surface area contributed by atoms with Crippen LogP contribution in [0.25, 0.3) is 0 Å². The standard InChI is InChI=1S/C17H20N2O4S3/c1-10-2-3-12-11(6-10)7-13(26-12)16(22)23-8-14(20)18-4-5-19-15(21)9-25-17(19)24/h7,10H,2-6,8-9H2,1H3,(H,18,20). The summed E-state index contributed by atoms with van der Waals surface area (Å²) in [6, 6.07) is 1.90. The molecular formula is C17H20N2O4S3. The summed E-state index contributed by atoms with van der Waals surface area (Å²) in [6.07, 6.45) is 3.14. The minimum Gasteiger partial charge on any atom is -0.451 e. The molecule has 0 aromatic carbocycles. The Morgan fingerprint density at radius 3 is 3.00 bits per heavy atom. The van der Waals surface area contributed by atoms with E-state index < -0.39 is 11.9 Å². The lowest BCUT2D eigenvalue weighted by Gasteiger charge is -2.16. The Labute approximate surface area is 165 Å². The van der Waals surface area contributed by atoms with Crippen LogP contribution in [0.4, 0.5) is 0 Å². The summed E-state index contributed by atoms with van der Waals surface area (Å²) in [5.41, 5.74) is 1.23. The average molecular weight is 413 g/mol. The molecule has 1 fully saturated rings. The van der Waals surface area contributed by atoms with Gasteiger partial charge in [-0.15, -0.1) is 11.3 Å². The molecule has 1 aliphatic carbocycles. The van der Waals surface area contributed by atoms with E-state index in [1.807, 2.05) is 6.07 Å². The van der Waals surface area contributed by atoms with Gasteiger partial charge in [-0.2, -0.15) is 0 Å². The van der Waals surface area contributed by atoms with Crippen molar-refractivity contribution < 1.29 is 19.1 Å². The summed E-state index contributed by atoms with van der Waals surface area (Å²) < 4.78 is 5.64. The predicted molar refractivity (Wildman–Crippen MR) is 106 cm³/mol. The van der Waals surface area contributed by atoms with Gasteiger partial charge in [-0.05, 0) is 36.8 Å². The molecule has 1 atom stereocenters. The highest BCUT2D eigenvalue weighted by Gasteiger charge is 2.26. The number of aryl methyl sites for hydroxylation is 1. The molecule has 1 aromatic heterocycles. The first-order chi connectivity index (χ1) is 12.4. The van der Waals surface area contributed by atoms with E-state index in [9.17, 15) is 14.4 Å². The number of thiophene rings is 1. The molecule has 0 spiro atoms. The molecule has 0 bridgehead atoms. The van der Waals surface area contributed by atoms with Crippen LogP contribution in [0.15, 0.2) is 6.07 Å². The SMILES string of the molecule is CC1CCc2sc(C(=O)OCC(=O)NCCN3C(=O)CSC3=S)cc2C1. The number of rotatable bonds is 6. The van der Waals surface area contributed by atoms with Crippen molar-refractivity contribution in [3.63, 3.8) is 0 Å². The number of hydrogen-bond acceptors (Lipinski definition) is 7. The van der Waals surface area contributed by atoms with Gasteiger partial charge in [-0.25, -0.2) is 4.79 Å². The molecule has 140 valence electrons. The lowest BCUT2D eigenvalue weighted by molar-refractivity contribution is -0.126. The van der Waals surface area contributed by atoms with Crippen molar-refractivity contribution in [1.29, 1.82) is 0 Å². The molecule has 1 N–H and O–H groups in total. The number of amides is 2. The number of nitrogens with zero attached hydrogens (tertiary/aromatic N) is 1. The zero-order valence-corrected chi connectivity index (χ0v) is 16.9. The Bertz CT molecular complexity index is 730. The third kappa shape index (κ3) is 4.63. The lowest BCUT2D eigenvalue weighted by Crippen LogP contribution is -2.38. The summed E-state index contributed by atoms with van der Waals surface area (Å²) >= 11 is 7.85. The third-order valence-corrected chi connectivity index (χ3v) is 7.01. The average Bonchev–Trinajstić information content (AvgIpc) is 3.17. The lowest BCUT2D eigenvalue weighted by atomic mass is 9.90. The van der Waals surface area contributed by atoms with Gasteiger partial charge in [-0.1, -0.05) is 30.9 Å². The van der Waals surface area contributed by atoms with E-state index in [1.54, 1.807) is 0 Å². The fourth-order valence-electron chi connectivity index (χ4n) is 2.96. The van der Waals surface area contributed by atoms with Crippen LogP contribution in [-0.2, 0) is 27.2 Å². The second-order valence-corrected chi connectivity index (χ2v) is 9.18. The van der Waals surface area contributed by atoms with Crippen LogP contribution in [-0.4, -0.2) is 52.5 Å². The van der Waals surface area contributed by atoms with Crippen molar-refractivity contribution in [2.45, 2.75) is 26.2 Å². The van der Waals surface area contributed by atoms with E-state index >= 15 is 0 Å². The molecule has 2 aliphatic rings. The smallest absolute Gasteiger partial charge is 0.348 e. The topological polar surface area (TPSA) is 75.7 Å². The highest BCUT2D eigenvalue weighted by molar-refractivity contribution is 8.23. The monoisotopic (exact) mass is 412 g/mol. The summed E-state index contributed by atoms with van der Waals surface area (Å²) in [5, 5.41) is 2.64. The van der Waals surface area contributed by atoms with Gasteiger partial charge in [-0.3, -0.25) is 14.5 Å². The first kappa shape index (κ1) is 19.3. The van der Waals surface area contributed by atoms with Gasteiger partial charge >= 0.3 is 5.97 Å². The number of carbonyl (C=O) groups is 3. The number of nitrogens with one attached hydrogen (secondary N) is 1. The Balaban J connectivity index is 1.41. The fraction of sp³-hybridized carbons (Fsp3) is 0.529. The van der Waals surface area contributed by atoms with Crippen LogP contribution in [0.3, 0.4) is 0 Å². The Morgan fingerprint density at radius 2 is 2.27 bits per heavy atom. The van der Waals surface area contributed by atoms with Gasteiger partial charge in [0.1, 0.15) is 9.20 Å². The number of thioether (sulfide) groups is 1. The molecule has 9 heteroatoms. The molecule has 0 radical (unpaired) electrons. The van der Waals surface area contributed by atoms with Crippen LogP contribution in [0, 0.1) is 5.92 Å². The largest absolute Gasteiger partial charge is 0.451 e. The van der Waals surface area contributed by atoms with Gasteiger partial charge < -0.3 is 10.1 Å². The molecule has 1 aromatic rings.